The molecule has 23 heavy (non-hydrogen) atoms. The van der Waals surface area contributed by atoms with E-state index in [0.29, 0.717) is 0 Å². The zero-order valence-electron chi connectivity index (χ0n) is 13.3. The summed E-state index contributed by atoms with van der Waals surface area (Å²) in [5, 5.41) is 4.20. The molecule has 0 amide bonds. The molecular weight excluding hydrogens is 335 g/mol. The molecule has 2 heterocycles. The van der Waals surface area contributed by atoms with Crippen molar-refractivity contribution in [3.05, 3.63) is 47.0 Å². The lowest BCUT2D eigenvalue weighted by molar-refractivity contribution is 0.145. The van der Waals surface area contributed by atoms with Gasteiger partial charge in [-0.2, -0.15) is 0 Å². The lowest BCUT2D eigenvalue weighted by atomic mass is 10.1. The SMILES string of the molecule is COc1ccc(CN2CCNCC2c2nccn2C)c(Cl)c1.Cl. The molecule has 1 aliphatic rings. The average Bonchev–Trinajstić information content (AvgIpc) is 2.96. The van der Waals surface area contributed by atoms with Crippen LogP contribution in [0.15, 0.2) is 30.6 Å². The fourth-order valence-corrected chi connectivity index (χ4v) is 3.12. The van der Waals surface area contributed by atoms with Crippen molar-refractivity contribution >= 4 is 24.0 Å². The Bertz CT molecular complexity index is 647. The van der Waals surface area contributed by atoms with Crippen molar-refractivity contribution in [2.24, 2.45) is 7.05 Å². The zero-order chi connectivity index (χ0) is 15.5. The number of rotatable bonds is 4. The first-order valence-electron chi connectivity index (χ1n) is 7.43. The number of hydrogen-bond donors (Lipinski definition) is 1. The van der Waals surface area contributed by atoms with E-state index in [1.165, 1.54) is 0 Å². The van der Waals surface area contributed by atoms with E-state index >= 15 is 0 Å². The second kappa shape index (κ2) is 8.02. The van der Waals surface area contributed by atoms with Crippen LogP contribution in [-0.2, 0) is 13.6 Å². The number of piperazine rings is 1. The van der Waals surface area contributed by atoms with Gasteiger partial charge in [0.05, 0.1) is 13.2 Å². The predicted octanol–water partition coefficient (Wildman–Crippen LogP) is 2.65. The van der Waals surface area contributed by atoms with Gasteiger partial charge in [0, 0.05) is 50.6 Å². The Hall–Kier alpha value is -1.27. The van der Waals surface area contributed by atoms with Crippen LogP contribution in [0.1, 0.15) is 17.4 Å². The second-order valence-electron chi connectivity index (χ2n) is 5.54. The maximum Gasteiger partial charge on any atom is 0.127 e. The fraction of sp³-hybridized carbons (Fsp3) is 0.438. The maximum absolute atomic E-state index is 6.39. The van der Waals surface area contributed by atoms with Crippen LogP contribution in [0.25, 0.3) is 0 Å². The smallest absolute Gasteiger partial charge is 0.127 e. The predicted molar refractivity (Wildman–Crippen MR) is 94.5 cm³/mol. The van der Waals surface area contributed by atoms with Gasteiger partial charge < -0.3 is 14.6 Å². The van der Waals surface area contributed by atoms with E-state index in [-0.39, 0.29) is 18.4 Å². The summed E-state index contributed by atoms with van der Waals surface area (Å²) in [6.45, 7) is 3.66. The third-order valence-electron chi connectivity index (χ3n) is 4.14. The molecule has 3 rings (SSSR count). The molecule has 5 nitrogen and oxygen atoms in total. The van der Waals surface area contributed by atoms with Crippen LogP contribution in [0, 0.1) is 0 Å². The molecule has 1 saturated heterocycles. The molecule has 1 aromatic carbocycles. The summed E-state index contributed by atoms with van der Waals surface area (Å²) in [6.07, 6.45) is 3.84. The molecule has 0 bridgehead atoms. The van der Waals surface area contributed by atoms with Gasteiger partial charge in [0.1, 0.15) is 11.6 Å². The van der Waals surface area contributed by atoms with Gasteiger partial charge in [-0.3, -0.25) is 4.90 Å². The van der Waals surface area contributed by atoms with Crippen molar-refractivity contribution in [2.45, 2.75) is 12.6 Å². The quantitative estimate of drug-likeness (QED) is 0.914. The van der Waals surface area contributed by atoms with E-state index in [9.17, 15) is 0 Å². The monoisotopic (exact) mass is 356 g/mol. The number of nitrogens with zero attached hydrogens (tertiary/aromatic N) is 3. The van der Waals surface area contributed by atoms with Crippen LogP contribution in [-0.4, -0.2) is 41.2 Å². The van der Waals surface area contributed by atoms with E-state index in [2.05, 4.69) is 19.8 Å². The first kappa shape index (κ1) is 18.1. The van der Waals surface area contributed by atoms with Crippen LogP contribution in [0.4, 0.5) is 0 Å². The molecule has 1 unspecified atom stereocenters. The first-order chi connectivity index (χ1) is 10.7. The lowest BCUT2D eigenvalue weighted by Gasteiger charge is -2.35. The van der Waals surface area contributed by atoms with Gasteiger partial charge in [0.15, 0.2) is 0 Å². The summed E-state index contributed by atoms with van der Waals surface area (Å²) < 4.78 is 7.30. The van der Waals surface area contributed by atoms with Crippen molar-refractivity contribution in [1.29, 1.82) is 0 Å². The minimum absolute atomic E-state index is 0. The third-order valence-corrected chi connectivity index (χ3v) is 4.50. The van der Waals surface area contributed by atoms with E-state index in [4.69, 9.17) is 16.3 Å². The number of imidazole rings is 1. The van der Waals surface area contributed by atoms with Gasteiger partial charge in [-0.1, -0.05) is 17.7 Å². The molecular formula is C16H22Cl2N4O. The molecule has 0 aliphatic carbocycles. The normalized spacial score (nSPS) is 18.5. The highest BCUT2D eigenvalue weighted by atomic mass is 35.5. The Balaban J connectivity index is 0.00000192. The van der Waals surface area contributed by atoms with E-state index in [1.807, 2.05) is 37.6 Å². The molecule has 1 atom stereocenters. The van der Waals surface area contributed by atoms with Gasteiger partial charge in [-0.05, 0) is 17.7 Å². The topological polar surface area (TPSA) is 42.3 Å². The van der Waals surface area contributed by atoms with Crippen LogP contribution in [0.5, 0.6) is 5.75 Å². The van der Waals surface area contributed by atoms with E-state index in [1.54, 1.807) is 7.11 Å². The highest BCUT2D eigenvalue weighted by Crippen LogP contribution is 2.27. The number of nitrogens with one attached hydrogen (secondary N) is 1. The highest BCUT2D eigenvalue weighted by Gasteiger charge is 2.27. The summed E-state index contributed by atoms with van der Waals surface area (Å²) in [7, 11) is 3.69. The van der Waals surface area contributed by atoms with Crippen molar-refractivity contribution in [2.75, 3.05) is 26.7 Å². The third kappa shape index (κ3) is 3.98. The Morgan fingerprint density at radius 1 is 1.43 bits per heavy atom. The second-order valence-corrected chi connectivity index (χ2v) is 5.95. The van der Waals surface area contributed by atoms with Gasteiger partial charge in [0.2, 0.25) is 0 Å². The largest absolute Gasteiger partial charge is 0.497 e. The number of benzene rings is 1. The van der Waals surface area contributed by atoms with Crippen LogP contribution in [0.2, 0.25) is 5.02 Å². The van der Waals surface area contributed by atoms with Gasteiger partial charge >= 0.3 is 0 Å². The number of halogens is 2. The summed E-state index contributed by atoms with van der Waals surface area (Å²) in [5.74, 6) is 1.87. The summed E-state index contributed by atoms with van der Waals surface area (Å²) >= 11 is 6.39. The Morgan fingerprint density at radius 2 is 2.26 bits per heavy atom. The lowest BCUT2D eigenvalue weighted by Crippen LogP contribution is -2.46. The highest BCUT2D eigenvalue weighted by molar-refractivity contribution is 6.31. The molecule has 2 aromatic rings. The molecule has 0 saturated carbocycles. The number of aryl methyl sites for hydroxylation is 1. The standard InChI is InChI=1S/C16H21ClN4O.ClH/c1-20-7-6-19-16(20)15-10-18-5-8-21(15)11-12-3-4-13(22-2)9-14(12)17;/h3-4,6-7,9,15,18H,5,8,10-11H2,1-2H3;1H. The number of methoxy groups -OCH3 is 1. The summed E-state index contributed by atoms with van der Waals surface area (Å²) in [5.41, 5.74) is 1.11. The summed E-state index contributed by atoms with van der Waals surface area (Å²) in [6, 6.07) is 6.12. The molecule has 0 spiro atoms. The Morgan fingerprint density at radius 3 is 2.91 bits per heavy atom. The molecule has 7 heteroatoms. The number of aromatic nitrogens is 2. The molecule has 1 fully saturated rings. The van der Waals surface area contributed by atoms with Gasteiger partial charge in [-0.15, -0.1) is 12.4 Å². The van der Waals surface area contributed by atoms with Crippen LogP contribution in [0.3, 0.4) is 0 Å². The average molecular weight is 357 g/mol. The molecule has 1 aromatic heterocycles. The Kier molecular flexibility index (Phi) is 6.30. The molecule has 1 aliphatic heterocycles. The van der Waals surface area contributed by atoms with Crippen LogP contribution >= 0.6 is 24.0 Å². The van der Waals surface area contributed by atoms with E-state index in [0.717, 1.165) is 48.3 Å². The molecule has 0 radical (unpaired) electrons. The van der Waals surface area contributed by atoms with Gasteiger partial charge in [-0.25, -0.2) is 4.98 Å². The molecule has 126 valence electrons. The fourth-order valence-electron chi connectivity index (χ4n) is 2.89. The van der Waals surface area contributed by atoms with Crippen molar-refractivity contribution in [3.8, 4) is 5.75 Å². The van der Waals surface area contributed by atoms with Gasteiger partial charge in [0.25, 0.3) is 0 Å². The van der Waals surface area contributed by atoms with Crippen molar-refractivity contribution in [1.82, 2.24) is 19.8 Å². The zero-order valence-corrected chi connectivity index (χ0v) is 14.9. The number of ether oxygens (including phenoxy) is 1. The number of hydrogen-bond acceptors (Lipinski definition) is 4. The van der Waals surface area contributed by atoms with Crippen LogP contribution < -0.4 is 10.1 Å². The summed E-state index contributed by atoms with van der Waals surface area (Å²) in [4.78, 5) is 6.93. The van der Waals surface area contributed by atoms with E-state index < -0.39 is 0 Å². The van der Waals surface area contributed by atoms with Crippen molar-refractivity contribution in [3.63, 3.8) is 0 Å². The minimum Gasteiger partial charge on any atom is -0.497 e. The molecule has 1 N–H and O–H groups in total. The van der Waals surface area contributed by atoms with Crippen molar-refractivity contribution < 1.29 is 4.74 Å². The maximum atomic E-state index is 6.39. The first-order valence-corrected chi connectivity index (χ1v) is 7.81. The Labute approximate surface area is 148 Å². The minimum atomic E-state index is 0.